The first-order chi connectivity index (χ1) is 31.0. The lowest BCUT2D eigenvalue weighted by atomic mass is 10.0. The summed E-state index contributed by atoms with van der Waals surface area (Å²) in [7, 11) is 0. The molecule has 0 saturated heterocycles. The maximum atomic E-state index is 13.2. The zero-order valence-corrected chi connectivity index (χ0v) is 41.7. The normalized spacial score (nSPS) is 13.7. The zero-order valence-electron chi connectivity index (χ0n) is 41.7. The molecule has 0 rings (SSSR count). The van der Waals surface area contributed by atoms with Crippen LogP contribution in [0.3, 0.4) is 0 Å². The topological polar surface area (TPSA) is 95.9 Å². The number of esters is 1. The summed E-state index contributed by atoms with van der Waals surface area (Å²) in [6, 6.07) is -0.710. The van der Waals surface area contributed by atoms with Crippen LogP contribution in [0.5, 0.6) is 0 Å². The Kier molecular flexibility index (Phi) is 48.6. The molecular weight excluding hydrogens is 779 g/mol. The zero-order chi connectivity index (χ0) is 45.9. The lowest BCUT2D eigenvalue weighted by Gasteiger charge is -2.24. The Bertz CT molecular complexity index is 1130. The van der Waals surface area contributed by atoms with Crippen molar-refractivity contribution in [1.29, 1.82) is 0 Å². The van der Waals surface area contributed by atoms with Gasteiger partial charge in [0.15, 0.2) is 0 Å². The molecule has 0 aromatic heterocycles. The van der Waals surface area contributed by atoms with Crippen LogP contribution in [0.25, 0.3) is 0 Å². The Hall–Kier alpha value is -2.44. The fraction of sp³-hybridized carbons (Fsp3) is 0.789. The van der Waals surface area contributed by atoms with Gasteiger partial charge in [-0.1, -0.05) is 216 Å². The molecule has 0 spiro atoms. The van der Waals surface area contributed by atoms with E-state index in [2.05, 4.69) is 86.8 Å². The molecule has 0 bridgehead atoms. The monoisotopic (exact) mass is 882 g/mol. The lowest BCUT2D eigenvalue weighted by Crippen LogP contribution is -2.46. The van der Waals surface area contributed by atoms with Crippen molar-refractivity contribution in [2.24, 2.45) is 0 Å². The molecule has 3 N–H and O–H groups in total. The molecule has 0 aromatic carbocycles. The minimum absolute atomic E-state index is 0.0622. The van der Waals surface area contributed by atoms with Gasteiger partial charge in [0, 0.05) is 6.42 Å². The van der Waals surface area contributed by atoms with Crippen molar-refractivity contribution in [2.75, 3.05) is 6.61 Å². The first-order valence-electron chi connectivity index (χ1n) is 27.0. The number of hydrogen-bond acceptors (Lipinski definition) is 5. The Balaban J connectivity index is 4.63. The number of carbonyl (C=O) groups excluding carboxylic acids is 2. The summed E-state index contributed by atoms with van der Waals surface area (Å²) in [4.78, 5) is 26.2. The molecule has 0 aliphatic rings. The molecule has 0 saturated carbocycles. The van der Waals surface area contributed by atoms with Gasteiger partial charge in [-0.15, -0.1) is 0 Å². The van der Waals surface area contributed by atoms with Gasteiger partial charge in [-0.05, 0) is 96.3 Å². The van der Waals surface area contributed by atoms with Crippen molar-refractivity contribution in [3.8, 4) is 0 Å². The van der Waals surface area contributed by atoms with Crippen molar-refractivity contribution in [3.05, 3.63) is 60.8 Å². The van der Waals surface area contributed by atoms with Gasteiger partial charge in [0.25, 0.3) is 0 Å². The highest BCUT2D eigenvalue weighted by atomic mass is 16.5. The van der Waals surface area contributed by atoms with Crippen molar-refractivity contribution < 1.29 is 24.5 Å². The van der Waals surface area contributed by atoms with Crippen molar-refractivity contribution in [2.45, 2.75) is 283 Å². The number of amides is 1. The van der Waals surface area contributed by atoms with Crippen LogP contribution in [-0.2, 0) is 14.3 Å². The Morgan fingerprint density at radius 1 is 0.460 bits per heavy atom. The number of ether oxygens (including phenoxy) is 1. The van der Waals surface area contributed by atoms with Gasteiger partial charge in [0.05, 0.1) is 25.2 Å². The molecule has 0 heterocycles. The molecule has 63 heavy (non-hydrogen) atoms. The van der Waals surface area contributed by atoms with E-state index in [0.717, 1.165) is 96.3 Å². The molecule has 0 radical (unpaired) electrons. The number of unbranched alkanes of at least 4 members (excludes halogenated alkanes) is 26. The molecule has 0 fully saturated rings. The van der Waals surface area contributed by atoms with Gasteiger partial charge >= 0.3 is 5.97 Å². The maximum Gasteiger partial charge on any atom is 0.306 e. The van der Waals surface area contributed by atoms with E-state index in [4.69, 9.17) is 4.74 Å². The second-order valence-electron chi connectivity index (χ2n) is 18.3. The van der Waals surface area contributed by atoms with E-state index < -0.39 is 18.2 Å². The molecule has 3 unspecified atom stereocenters. The summed E-state index contributed by atoms with van der Waals surface area (Å²) >= 11 is 0. The quantitative estimate of drug-likeness (QED) is 0.0321. The molecular formula is C57H103NO5. The lowest BCUT2D eigenvalue weighted by molar-refractivity contribution is -0.151. The molecule has 0 aromatic rings. The number of allylic oxidation sites excluding steroid dienone is 10. The van der Waals surface area contributed by atoms with Crippen LogP contribution in [0.2, 0.25) is 0 Å². The van der Waals surface area contributed by atoms with Crippen LogP contribution in [0.4, 0.5) is 0 Å². The minimum Gasteiger partial charge on any atom is -0.462 e. The summed E-state index contributed by atoms with van der Waals surface area (Å²) in [5, 5.41) is 23.7. The smallest absolute Gasteiger partial charge is 0.306 e. The number of carbonyl (C=O) groups is 2. The van der Waals surface area contributed by atoms with E-state index in [9.17, 15) is 19.8 Å². The number of aliphatic hydroxyl groups is 2. The van der Waals surface area contributed by atoms with Crippen LogP contribution >= 0.6 is 0 Å². The summed E-state index contributed by atoms with van der Waals surface area (Å²) in [5.74, 6) is -0.503. The third kappa shape index (κ3) is 45.9. The van der Waals surface area contributed by atoms with E-state index in [1.54, 1.807) is 0 Å². The summed E-state index contributed by atoms with van der Waals surface area (Å²) < 4.78 is 5.94. The molecule has 0 aliphatic carbocycles. The van der Waals surface area contributed by atoms with Gasteiger partial charge in [-0.2, -0.15) is 0 Å². The number of nitrogens with one attached hydrogen (secondary N) is 1. The number of rotatable bonds is 48. The van der Waals surface area contributed by atoms with Crippen molar-refractivity contribution in [1.82, 2.24) is 5.32 Å². The standard InChI is InChI=1S/C57H103NO5/c1-4-7-10-13-16-19-22-24-26-28-30-32-34-36-39-42-45-48-53(51-56(61)58-54(52-59)55(60)49-46-43-40-37-21-18-15-12-9-6-3)63-57(62)50-47-44-41-38-35-33-31-29-27-25-23-20-17-14-11-8-5-2/h16-17,19-20,24-27,31,33,53-55,59-60H,4-15,18,21-23,28-30,32,34-52H2,1-3H3,(H,58,61)/b19-16-,20-17-,26-24-,27-25-,33-31-. The third-order valence-electron chi connectivity index (χ3n) is 12.1. The van der Waals surface area contributed by atoms with Crippen molar-refractivity contribution >= 4 is 11.9 Å². The molecule has 0 aliphatic heterocycles. The van der Waals surface area contributed by atoms with E-state index >= 15 is 0 Å². The minimum atomic E-state index is -0.794. The molecule has 1 amide bonds. The highest BCUT2D eigenvalue weighted by Gasteiger charge is 2.24. The number of aliphatic hydroxyl groups excluding tert-OH is 2. The fourth-order valence-corrected chi connectivity index (χ4v) is 7.94. The van der Waals surface area contributed by atoms with Crippen LogP contribution in [0, 0.1) is 0 Å². The Morgan fingerprint density at radius 2 is 0.810 bits per heavy atom. The highest BCUT2D eigenvalue weighted by molar-refractivity contribution is 5.77. The summed E-state index contributed by atoms with van der Waals surface area (Å²) in [5.41, 5.74) is 0. The van der Waals surface area contributed by atoms with E-state index in [-0.39, 0.29) is 24.9 Å². The Morgan fingerprint density at radius 3 is 1.25 bits per heavy atom. The first-order valence-corrected chi connectivity index (χ1v) is 27.0. The van der Waals surface area contributed by atoms with Crippen LogP contribution in [-0.4, -0.2) is 46.9 Å². The predicted molar refractivity (Wildman–Crippen MR) is 273 cm³/mol. The molecule has 6 heteroatoms. The third-order valence-corrected chi connectivity index (χ3v) is 12.1. The van der Waals surface area contributed by atoms with Gasteiger partial charge in [-0.25, -0.2) is 0 Å². The van der Waals surface area contributed by atoms with Crippen LogP contribution in [0.1, 0.15) is 265 Å². The molecule has 6 nitrogen and oxygen atoms in total. The average molecular weight is 882 g/mol. The van der Waals surface area contributed by atoms with Crippen molar-refractivity contribution in [3.63, 3.8) is 0 Å². The summed E-state index contributed by atoms with van der Waals surface area (Å²) in [6.45, 7) is 6.42. The second kappa shape index (κ2) is 50.6. The average Bonchev–Trinajstić information content (AvgIpc) is 3.28. The van der Waals surface area contributed by atoms with Gasteiger partial charge in [0.1, 0.15) is 6.10 Å². The summed E-state index contributed by atoms with van der Waals surface area (Å²) in [6.07, 6.45) is 62.8. The van der Waals surface area contributed by atoms with Crippen LogP contribution < -0.4 is 5.32 Å². The van der Waals surface area contributed by atoms with Crippen LogP contribution in [0.15, 0.2) is 60.8 Å². The Labute approximate surface area is 390 Å². The fourth-order valence-electron chi connectivity index (χ4n) is 7.94. The van der Waals surface area contributed by atoms with Gasteiger partial charge < -0.3 is 20.3 Å². The second-order valence-corrected chi connectivity index (χ2v) is 18.3. The predicted octanol–water partition coefficient (Wildman–Crippen LogP) is 16.4. The first kappa shape index (κ1) is 60.6. The van der Waals surface area contributed by atoms with E-state index in [1.807, 2.05) is 0 Å². The SMILES string of the molecule is CCCCC/C=C\C/C=C\C/C=C\CCCCCCC(=O)OC(CCCCCCCCC/C=C\C/C=C\CCCCC)CC(=O)NC(CO)C(O)CCCCCCCCCCCC. The maximum absolute atomic E-state index is 13.2. The largest absolute Gasteiger partial charge is 0.462 e. The highest BCUT2D eigenvalue weighted by Crippen LogP contribution is 2.18. The number of hydrogen-bond donors (Lipinski definition) is 3. The van der Waals surface area contributed by atoms with Gasteiger partial charge in [-0.3, -0.25) is 9.59 Å². The molecule has 3 atom stereocenters. The van der Waals surface area contributed by atoms with E-state index in [1.165, 1.54) is 122 Å². The van der Waals surface area contributed by atoms with Gasteiger partial charge in [0.2, 0.25) is 5.91 Å². The van der Waals surface area contributed by atoms with E-state index in [0.29, 0.717) is 19.3 Å². The molecule has 366 valence electrons.